The number of rotatable bonds is 5. The molecule has 3 heteroatoms. The minimum absolute atomic E-state index is 0.233. The highest BCUT2D eigenvalue weighted by molar-refractivity contribution is 9.10. The summed E-state index contributed by atoms with van der Waals surface area (Å²) in [6.07, 6.45) is 1.04. The van der Waals surface area contributed by atoms with Gasteiger partial charge in [-0.3, -0.25) is 0 Å². The van der Waals surface area contributed by atoms with Crippen LogP contribution in [0.5, 0.6) is 0 Å². The van der Waals surface area contributed by atoms with E-state index in [-0.39, 0.29) is 5.82 Å². The van der Waals surface area contributed by atoms with Crippen molar-refractivity contribution in [2.45, 2.75) is 19.3 Å². The maximum Gasteiger partial charge on any atom is 0.137 e. The summed E-state index contributed by atoms with van der Waals surface area (Å²) in [4.78, 5) is 0. The van der Waals surface area contributed by atoms with Gasteiger partial charge in [-0.05, 0) is 52.0 Å². The Hall–Kier alpha value is -1.35. The standard InChI is InChI=1S/C16H17BrFN/c1-12(13-5-3-2-4-6-13)9-10-19-14-7-8-16(18)15(17)11-14/h2-8,11-12,19H,9-10H2,1H3. The van der Waals surface area contributed by atoms with Crippen molar-refractivity contribution in [3.63, 3.8) is 0 Å². The Morgan fingerprint density at radius 3 is 2.58 bits per heavy atom. The summed E-state index contributed by atoms with van der Waals surface area (Å²) in [6, 6.07) is 15.5. The fourth-order valence-corrected chi connectivity index (χ4v) is 2.37. The molecule has 0 saturated heterocycles. The molecule has 1 unspecified atom stereocenters. The molecule has 1 atom stereocenters. The van der Waals surface area contributed by atoms with Gasteiger partial charge in [0.25, 0.3) is 0 Å². The maximum absolute atomic E-state index is 13.1. The number of anilines is 1. The van der Waals surface area contributed by atoms with Gasteiger partial charge in [-0.25, -0.2) is 4.39 Å². The summed E-state index contributed by atoms with van der Waals surface area (Å²) in [6.45, 7) is 3.09. The Kier molecular flexibility index (Phi) is 4.97. The first-order valence-electron chi connectivity index (χ1n) is 6.40. The quantitative estimate of drug-likeness (QED) is 0.798. The van der Waals surface area contributed by atoms with E-state index in [1.165, 1.54) is 11.6 Å². The van der Waals surface area contributed by atoms with E-state index in [1.54, 1.807) is 12.1 Å². The van der Waals surface area contributed by atoms with Crippen LogP contribution in [0.3, 0.4) is 0 Å². The number of hydrogen-bond donors (Lipinski definition) is 1. The second kappa shape index (κ2) is 6.71. The third-order valence-corrected chi connectivity index (χ3v) is 3.80. The minimum Gasteiger partial charge on any atom is -0.385 e. The van der Waals surface area contributed by atoms with Crippen LogP contribution < -0.4 is 5.32 Å². The van der Waals surface area contributed by atoms with Crippen molar-refractivity contribution in [3.05, 3.63) is 64.4 Å². The molecular weight excluding hydrogens is 305 g/mol. The zero-order valence-corrected chi connectivity index (χ0v) is 12.5. The summed E-state index contributed by atoms with van der Waals surface area (Å²) < 4.78 is 13.6. The Bertz CT molecular complexity index is 528. The van der Waals surface area contributed by atoms with Crippen LogP contribution in [0, 0.1) is 5.82 Å². The topological polar surface area (TPSA) is 12.0 Å². The number of benzene rings is 2. The zero-order valence-electron chi connectivity index (χ0n) is 10.9. The summed E-state index contributed by atoms with van der Waals surface area (Å²) >= 11 is 3.19. The average Bonchev–Trinajstić information content (AvgIpc) is 2.43. The van der Waals surface area contributed by atoms with E-state index < -0.39 is 0 Å². The second-order valence-electron chi connectivity index (χ2n) is 4.66. The first-order chi connectivity index (χ1) is 9.16. The number of nitrogens with one attached hydrogen (secondary N) is 1. The SMILES string of the molecule is CC(CCNc1ccc(F)c(Br)c1)c1ccccc1. The third kappa shape index (κ3) is 4.06. The zero-order chi connectivity index (χ0) is 13.7. The molecule has 0 bridgehead atoms. The van der Waals surface area contributed by atoms with Gasteiger partial charge in [0.05, 0.1) is 4.47 Å². The van der Waals surface area contributed by atoms with Crippen molar-refractivity contribution in [2.24, 2.45) is 0 Å². The molecule has 0 aliphatic carbocycles. The molecule has 1 N–H and O–H groups in total. The fourth-order valence-electron chi connectivity index (χ4n) is 1.99. The van der Waals surface area contributed by atoms with Crippen LogP contribution >= 0.6 is 15.9 Å². The summed E-state index contributed by atoms with van der Waals surface area (Å²) in [7, 11) is 0. The lowest BCUT2D eigenvalue weighted by atomic mass is 9.98. The highest BCUT2D eigenvalue weighted by Crippen LogP contribution is 2.21. The molecule has 0 saturated carbocycles. The van der Waals surface area contributed by atoms with Gasteiger partial charge in [-0.2, -0.15) is 0 Å². The first-order valence-corrected chi connectivity index (χ1v) is 7.20. The van der Waals surface area contributed by atoms with Gasteiger partial charge in [-0.15, -0.1) is 0 Å². The van der Waals surface area contributed by atoms with Gasteiger partial charge in [0.1, 0.15) is 5.82 Å². The molecule has 0 aliphatic heterocycles. The lowest BCUT2D eigenvalue weighted by Gasteiger charge is -2.13. The van der Waals surface area contributed by atoms with Crippen LogP contribution in [-0.4, -0.2) is 6.54 Å². The molecule has 0 heterocycles. The van der Waals surface area contributed by atoms with E-state index in [0.717, 1.165) is 18.7 Å². The highest BCUT2D eigenvalue weighted by atomic mass is 79.9. The van der Waals surface area contributed by atoms with Crippen LogP contribution in [0.4, 0.5) is 10.1 Å². The molecule has 2 rings (SSSR count). The van der Waals surface area contributed by atoms with Gasteiger partial charge in [0.15, 0.2) is 0 Å². The lowest BCUT2D eigenvalue weighted by molar-refractivity contribution is 0.621. The monoisotopic (exact) mass is 321 g/mol. The normalized spacial score (nSPS) is 12.2. The molecule has 0 radical (unpaired) electrons. The van der Waals surface area contributed by atoms with E-state index in [1.807, 2.05) is 6.07 Å². The fraction of sp³-hybridized carbons (Fsp3) is 0.250. The third-order valence-electron chi connectivity index (χ3n) is 3.19. The van der Waals surface area contributed by atoms with Crippen LogP contribution in [-0.2, 0) is 0 Å². The van der Waals surface area contributed by atoms with Gasteiger partial charge in [0, 0.05) is 12.2 Å². The van der Waals surface area contributed by atoms with Crippen molar-refractivity contribution in [2.75, 3.05) is 11.9 Å². The summed E-state index contributed by atoms with van der Waals surface area (Å²) in [5.41, 5.74) is 2.29. The van der Waals surface area contributed by atoms with Crippen LogP contribution in [0.1, 0.15) is 24.8 Å². The Morgan fingerprint density at radius 1 is 1.16 bits per heavy atom. The number of hydrogen-bond acceptors (Lipinski definition) is 1. The maximum atomic E-state index is 13.1. The van der Waals surface area contributed by atoms with Crippen LogP contribution in [0.2, 0.25) is 0 Å². The smallest absolute Gasteiger partial charge is 0.137 e. The first kappa shape index (κ1) is 14.1. The second-order valence-corrected chi connectivity index (χ2v) is 5.51. The molecule has 19 heavy (non-hydrogen) atoms. The molecule has 0 amide bonds. The van der Waals surface area contributed by atoms with E-state index in [4.69, 9.17) is 0 Å². The molecule has 2 aromatic rings. The average molecular weight is 322 g/mol. The van der Waals surface area contributed by atoms with E-state index >= 15 is 0 Å². The number of halogens is 2. The van der Waals surface area contributed by atoms with Crippen molar-refractivity contribution >= 4 is 21.6 Å². The van der Waals surface area contributed by atoms with E-state index in [2.05, 4.69) is 52.4 Å². The van der Waals surface area contributed by atoms with Crippen molar-refractivity contribution in [1.29, 1.82) is 0 Å². The molecular formula is C16H17BrFN. The van der Waals surface area contributed by atoms with Crippen LogP contribution in [0.15, 0.2) is 53.0 Å². The molecule has 1 nitrogen and oxygen atoms in total. The van der Waals surface area contributed by atoms with Gasteiger partial charge in [0.2, 0.25) is 0 Å². The molecule has 100 valence electrons. The van der Waals surface area contributed by atoms with Crippen molar-refractivity contribution < 1.29 is 4.39 Å². The van der Waals surface area contributed by atoms with Crippen molar-refractivity contribution in [3.8, 4) is 0 Å². The van der Waals surface area contributed by atoms with Crippen molar-refractivity contribution in [1.82, 2.24) is 0 Å². The molecule has 0 aliphatic rings. The lowest BCUT2D eigenvalue weighted by Crippen LogP contribution is -2.06. The van der Waals surface area contributed by atoms with Gasteiger partial charge < -0.3 is 5.32 Å². The van der Waals surface area contributed by atoms with E-state index in [0.29, 0.717) is 10.4 Å². The van der Waals surface area contributed by atoms with Gasteiger partial charge in [-0.1, -0.05) is 37.3 Å². The molecule has 2 aromatic carbocycles. The minimum atomic E-state index is -0.233. The summed E-state index contributed by atoms with van der Waals surface area (Å²) in [5, 5.41) is 3.32. The molecule has 0 fully saturated rings. The predicted octanol–water partition coefficient (Wildman–Crippen LogP) is 5.19. The summed E-state index contributed by atoms with van der Waals surface area (Å²) in [5.74, 6) is 0.279. The molecule has 0 spiro atoms. The Balaban J connectivity index is 1.85. The van der Waals surface area contributed by atoms with Gasteiger partial charge >= 0.3 is 0 Å². The Labute approximate surface area is 122 Å². The largest absolute Gasteiger partial charge is 0.385 e. The van der Waals surface area contributed by atoms with E-state index in [9.17, 15) is 4.39 Å². The molecule has 0 aromatic heterocycles. The Morgan fingerprint density at radius 2 is 1.89 bits per heavy atom. The highest BCUT2D eigenvalue weighted by Gasteiger charge is 2.05. The predicted molar refractivity (Wildman–Crippen MR) is 82.1 cm³/mol. The van der Waals surface area contributed by atoms with Crippen LogP contribution in [0.25, 0.3) is 0 Å².